The van der Waals surface area contributed by atoms with E-state index in [0.717, 1.165) is 19.5 Å². The van der Waals surface area contributed by atoms with Crippen LogP contribution in [0.25, 0.3) is 0 Å². The molecule has 3 nitrogen and oxygen atoms in total. The van der Waals surface area contributed by atoms with Crippen molar-refractivity contribution in [1.82, 2.24) is 10.6 Å². The second kappa shape index (κ2) is 4.78. The second-order valence-electron chi connectivity index (χ2n) is 4.53. The van der Waals surface area contributed by atoms with E-state index < -0.39 is 0 Å². The van der Waals surface area contributed by atoms with Gasteiger partial charge in [-0.1, -0.05) is 19.3 Å². The van der Waals surface area contributed by atoms with Crippen molar-refractivity contribution in [3.05, 3.63) is 0 Å². The van der Waals surface area contributed by atoms with E-state index in [4.69, 9.17) is 0 Å². The molecular weight excluding hydrogens is 176 g/mol. The fraction of sp³-hybridized carbons (Fsp3) is 0.909. The lowest BCUT2D eigenvalue weighted by atomic mass is 9.95. The predicted octanol–water partition coefficient (Wildman–Crippen LogP) is 1.04. The van der Waals surface area contributed by atoms with Gasteiger partial charge in [0.05, 0.1) is 5.92 Å². The molecule has 0 aromatic carbocycles. The molecule has 3 heteroatoms. The Morgan fingerprint density at radius 2 is 1.93 bits per heavy atom. The lowest BCUT2D eigenvalue weighted by Crippen LogP contribution is -2.40. The van der Waals surface area contributed by atoms with Crippen molar-refractivity contribution < 1.29 is 4.79 Å². The Labute approximate surface area is 85.6 Å². The van der Waals surface area contributed by atoms with Gasteiger partial charge in [0.1, 0.15) is 0 Å². The van der Waals surface area contributed by atoms with Gasteiger partial charge in [0.25, 0.3) is 0 Å². The first-order valence-corrected chi connectivity index (χ1v) is 5.87. The zero-order chi connectivity index (χ0) is 9.80. The lowest BCUT2D eigenvalue weighted by Gasteiger charge is -2.24. The molecule has 2 fully saturated rings. The molecule has 14 heavy (non-hydrogen) atoms. The average molecular weight is 196 g/mol. The van der Waals surface area contributed by atoms with Gasteiger partial charge >= 0.3 is 0 Å². The fourth-order valence-corrected chi connectivity index (χ4v) is 2.44. The van der Waals surface area contributed by atoms with E-state index >= 15 is 0 Å². The van der Waals surface area contributed by atoms with Crippen LogP contribution in [0.2, 0.25) is 0 Å². The molecular formula is C11H20N2O. The Bertz CT molecular complexity index is 193. The number of nitrogens with one attached hydrogen (secondary N) is 2. The number of carbonyl (C=O) groups is 1. The highest BCUT2D eigenvalue weighted by Gasteiger charge is 2.24. The van der Waals surface area contributed by atoms with Crippen LogP contribution in [0.5, 0.6) is 0 Å². The van der Waals surface area contributed by atoms with Gasteiger partial charge in [-0.15, -0.1) is 0 Å². The molecule has 80 valence electrons. The fourth-order valence-electron chi connectivity index (χ4n) is 2.44. The van der Waals surface area contributed by atoms with E-state index in [9.17, 15) is 4.79 Å². The molecule has 0 bridgehead atoms. The first kappa shape index (κ1) is 9.97. The SMILES string of the molecule is O=C(NC1CCCCC1)C1CCNC1. The summed E-state index contributed by atoms with van der Waals surface area (Å²) in [5, 5.41) is 6.41. The third-order valence-electron chi connectivity index (χ3n) is 3.38. The van der Waals surface area contributed by atoms with E-state index in [1.165, 1.54) is 32.1 Å². The number of amides is 1. The Balaban J connectivity index is 1.75. The first-order valence-electron chi connectivity index (χ1n) is 5.87. The Hall–Kier alpha value is -0.570. The van der Waals surface area contributed by atoms with Crippen molar-refractivity contribution in [1.29, 1.82) is 0 Å². The quantitative estimate of drug-likeness (QED) is 0.693. The van der Waals surface area contributed by atoms with Crippen LogP contribution in [0, 0.1) is 5.92 Å². The van der Waals surface area contributed by atoms with Crippen LogP contribution in [0.4, 0.5) is 0 Å². The Morgan fingerprint density at radius 1 is 1.14 bits per heavy atom. The molecule has 1 aliphatic carbocycles. The number of hydrogen-bond acceptors (Lipinski definition) is 2. The molecule has 0 spiro atoms. The van der Waals surface area contributed by atoms with E-state index in [1.807, 2.05) is 0 Å². The summed E-state index contributed by atoms with van der Waals surface area (Å²) in [6.45, 7) is 1.88. The molecule has 1 saturated heterocycles. The van der Waals surface area contributed by atoms with Crippen molar-refractivity contribution >= 4 is 5.91 Å². The summed E-state index contributed by atoms with van der Waals surface area (Å²) in [7, 11) is 0. The molecule has 0 aromatic rings. The minimum absolute atomic E-state index is 0.233. The monoisotopic (exact) mass is 196 g/mol. The average Bonchev–Trinajstić information content (AvgIpc) is 2.72. The maximum atomic E-state index is 11.8. The Morgan fingerprint density at radius 3 is 2.57 bits per heavy atom. The van der Waals surface area contributed by atoms with E-state index in [2.05, 4.69) is 10.6 Å². The lowest BCUT2D eigenvalue weighted by molar-refractivity contribution is -0.125. The minimum Gasteiger partial charge on any atom is -0.353 e. The maximum absolute atomic E-state index is 11.8. The molecule has 1 amide bonds. The summed E-state index contributed by atoms with van der Waals surface area (Å²) in [5.74, 6) is 0.513. The van der Waals surface area contributed by atoms with Crippen LogP contribution >= 0.6 is 0 Å². The Kier molecular flexibility index (Phi) is 3.40. The molecule has 0 radical (unpaired) electrons. The highest BCUT2D eigenvalue weighted by atomic mass is 16.2. The van der Waals surface area contributed by atoms with Crippen molar-refractivity contribution in [2.24, 2.45) is 5.92 Å². The number of hydrogen-bond donors (Lipinski definition) is 2. The standard InChI is InChI=1S/C11H20N2O/c14-11(9-6-7-12-8-9)13-10-4-2-1-3-5-10/h9-10,12H,1-8H2,(H,13,14). The minimum atomic E-state index is 0.233. The normalized spacial score (nSPS) is 29.0. The highest BCUT2D eigenvalue weighted by Crippen LogP contribution is 2.18. The maximum Gasteiger partial charge on any atom is 0.224 e. The van der Waals surface area contributed by atoms with Gasteiger partial charge in [-0.3, -0.25) is 4.79 Å². The first-order chi connectivity index (χ1) is 6.86. The smallest absolute Gasteiger partial charge is 0.224 e. The van der Waals surface area contributed by atoms with Gasteiger partial charge in [0.15, 0.2) is 0 Å². The van der Waals surface area contributed by atoms with Gasteiger partial charge in [0, 0.05) is 12.6 Å². The van der Waals surface area contributed by atoms with E-state index in [-0.39, 0.29) is 11.8 Å². The molecule has 1 atom stereocenters. The van der Waals surface area contributed by atoms with Crippen molar-refractivity contribution in [3.8, 4) is 0 Å². The van der Waals surface area contributed by atoms with Crippen molar-refractivity contribution in [2.45, 2.75) is 44.6 Å². The molecule has 2 aliphatic rings. The molecule has 1 aliphatic heterocycles. The molecule has 2 rings (SSSR count). The summed E-state index contributed by atoms with van der Waals surface area (Å²) in [6.07, 6.45) is 7.30. The predicted molar refractivity (Wildman–Crippen MR) is 56.0 cm³/mol. The van der Waals surface area contributed by atoms with E-state index in [0.29, 0.717) is 6.04 Å². The second-order valence-corrected chi connectivity index (χ2v) is 4.53. The zero-order valence-electron chi connectivity index (χ0n) is 8.72. The summed E-state index contributed by atoms with van der Waals surface area (Å²) in [5.41, 5.74) is 0. The summed E-state index contributed by atoms with van der Waals surface area (Å²) in [6, 6.07) is 0.469. The molecule has 2 N–H and O–H groups in total. The van der Waals surface area contributed by atoms with Crippen molar-refractivity contribution in [3.63, 3.8) is 0 Å². The van der Waals surface area contributed by atoms with E-state index in [1.54, 1.807) is 0 Å². The van der Waals surface area contributed by atoms with Crippen LogP contribution in [-0.4, -0.2) is 25.0 Å². The third-order valence-corrected chi connectivity index (χ3v) is 3.38. The van der Waals surface area contributed by atoms with Gasteiger partial charge in [-0.25, -0.2) is 0 Å². The zero-order valence-corrected chi connectivity index (χ0v) is 8.72. The van der Waals surface area contributed by atoms with Crippen LogP contribution in [0.1, 0.15) is 38.5 Å². The summed E-state index contributed by atoms with van der Waals surface area (Å²) >= 11 is 0. The molecule has 1 heterocycles. The molecule has 0 aromatic heterocycles. The summed E-state index contributed by atoms with van der Waals surface area (Å²) < 4.78 is 0. The van der Waals surface area contributed by atoms with Crippen LogP contribution in [0.3, 0.4) is 0 Å². The third kappa shape index (κ3) is 2.47. The van der Waals surface area contributed by atoms with Gasteiger partial charge in [0.2, 0.25) is 5.91 Å². The number of rotatable bonds is 2. The molecule has 1 saturated carbocycles. The summed E-state index contributed by atoms with van der Waals surface area (Å²) in [4.78, 5) is 11.8. The highest BCUT2D eigenvalue weighted by molar-refractivity contribution is 5.79. The van der Waals surface area contributed by atoms with Crippen LogP contribution < -0.4 is 10.6 Å². The number of carbonyl (C=O) groups excluding carboxylic acids is 1. The largest absolute Gasteiger partial charge is 0.353 e. The van der Waals surface area contributed by atoms with Gasteiger partial charge in [-0.2, -0.15) is 0 Å². The molecule has 1 unspecified atom stereocenters. The van der Waals surface area contributed by atoms with Crippen LogP contribution in [-0.2, 0) is 4.79 Å². The topological polar surface area (TPSA) is 41.1 Å². The van der Waals surface area contributed by atoms with Gasteiger partial charge in [-0.05, 0) is 25.8 Å². The van der Waals surface area contributed by atoms with Gasteiger partial charge < -0.3 is 10.6 Å². The van der Waals surface area contributed by atoms with Crippen LogP contribution in [0.15, 0.2) is 0 Å². The van der Waals surface area contributed by atoms with Crippen molar-refractivity contribution in [2.75, 3.05) is 13.1 Å².